The molecule has 2 nitrogen and oxygen atoms in total. The van der Waals surface area contributed by atoms with E-state index in [0.717, 1.165) is 18.4 Å². The fraction of sp³-hybridized carbons (Fsp3) is 0.667. The van der Waals surface area contributed by atoms with E-state index in [0.29, 0.717) is 6.04 Å². The molecule has 0 aromatic heterocycles. The Kier molecular flexibility index (Phi) is 4.13. The third-order valence-corrected chi connectivity index (χ3v) is 5.28. The second-order valence-electron chi connectivity index (χ2n) is 6.47. The van der Waals surface area contributed by atoms with Crippen LogP contribution in [-0.4, -0.2) is 25.3 Å². The maximum Gasteiger partial charge on any atom is 0.0833 e. The van der Waals surface area contributed by atoms with Gasteiger partial charge in [0.15, 0.2) is 0 Å². The molecule has 1 aromatic carbocycles. The first kappa shape index (κ1) is 14.1. The van der Waals surface area contributed by atoms with Crippen molar-refractivity contribution in [1.82, 2.24) is 5.32 Å². The molecule has 2 aliphatic rings. The molecule has 2 heteroatoms. The van der Waals surface area contributed by atoms with Crippen molar-refractivity contribution in [3.05, 3.63) is 35.9 Å². The maximum atomic E-state index is 5.96. The van der Waals surface area contributed by atoms with E-state index in [9.17, 15) is 0 Å². The van der Waals surface area contributed by atoms with Crippen molar-refractivity contribution in [1.29, 1.82) is 0 Å². The predicted octanol–water partition coefficient (Wildman–Crippen LogP) is 3.73. The monoisotopic (exact) mass is 273 g/mol. The average molecular weight is 273 g/mol. The number of nitrogens with one attached hydrogen (secondary N) is 1. The quantitative estimate of drug-likeness (QED) is 0.817. The van der Waals surface area contributed by atoms with Crippen LogP contribution < -0.4 is 5.32 Å². The van der Waals surface area contributed by atoms with Crippen LogP contribution in [0, 0.1) is 5.92 Å². The molecular formula is C18H27NO. The van der Waals surface area contributed by atoms with Crippen molar-refractivity contribution in [2.45, 2.75) is 56.6 Å². The first-order chi connectivity index (χ1) is 9.80. The highest BCUT2D eigenvalue weighted by molar-refractivity contribution is 5.28. The van der Waals surface area contributed by atoms with Crippen molar-refractivity contribution in [2.75, 3.05) is 13.7 Å². The normalized spacial score (nSPS) is 28.7. The molecule has 110 valence electrons. The van der Waals surface area contributed by atoms with Gasteiger partial charge in [-0.25, -0.2) is 0 Å². The van der Waals surface area contributed by atoms with Crippen molar-refractivity contribution < 1.29 is 4.74 Å². The average Bonchev–Trinajstić information content (AvgIpc) is 3.23. The summed E-state index contributed by atoms with van der Waals surface area (Å²) >= 11 is 0. The summed E-state index contributed by atoms with van der Waals surface area (Å²) in [4.78, 5) is 0. The van der Waals surface area contributed by atoms with E-state index in [1.165, 1.54) is 37.7 Å². The summed E-state index contributed by atoms with van der Waals surface area (Å²) in [5.41, 5.74) is 1.62. The molecular weight excluding hydrogens is 246 g/mol. The van der Waals surface area contributed by atoms with E-state index in [2.05, 4.69) is 42.6 Å². The molecule has 0 bridgehead atoms. The lowest BCUT2D eigenvalue weighted by atomic mass is 9.72. The van der Waals surface area contributed by atoms with Crippen molar-refractivity contribution >= 4 is 0 Å². The Morgan fingerprint density at radius 2 is 2.05 bits per heavy atom. The number of hydrogen-bond donors (Lipinski definition) is 1. The predicted molar refractivity (Wildman–Crippen MR) is 83.0 cm³/mol. The first-order valence-electron chi connectivity index (χ1n) is 8.14. The molecule has 0 heterocycles. The van der Waals surface area contributed by atoms with Crippen LogP contribution in [0.4, 0.5) is 0 Å². The zero-order chi connectivity index (χ0) is 14.0. The highest BCUT2D eigenvalue weighted by Crippen LogP contribution is 2.55. The SMILES string of the molecule is CCCNC(C1CC1c1ccccc1)C1(OC)CCC1. The summed E-state index contributed by atoms with van der Waals surface area (Å²) in [6.45, 7) is 3.35. The molecule has 3 rings (SSSR count). The minimum absolute atomic E-state index is 0.114. The van der Waals surface area contributed by atoms with Gasteiger partial charge in [-0.15, -0.1) is 0 Å². The van der Waals surface area contributed by atoms with Crippen molar-refractivity contribution in [2.24, 2.45) is 5.92 Å². The topological polar surface area (TPSA) is 21.3 Å². The largest absolute Gasteiger partial charge is 0.377 e. The number of ether oxygens (including phenoxy) is 1. The molecule has 2 saturated carbocycles. The molecule has 0 amide bonds. The van der Waals surface area contributed by atoms with Gasteiger partial charge in [-0.05, 0) is 56.0 Å². The van der Waals surface area contributed by atoms with E-state index < -0.39 is 0 Å². The lowest BCUT2D eigenvalue weighted by Gasteiger charge is -2.47. The Balaban J connectivity index is 1.71. The van der Waals surface area contributed by atoms with Gasteiger partial charge in [-0.3, -0.25) is 0 Å². The van der Waals surface area contributed by atoms with Crippen LogP contribution in [0.15, 0.2) is 30.3 Å². The highest BCUT2D eigenvalue weighted by Gasteiger charge is 2.54. The van der Waals surface area contributed by atoms with Crippen LogP contribution in [0.5, 0.6) is 0 Å². The molecule has 20 heavy (non-hydrogen) atoms. The summed E-state index contributed by atoms with van der Waals surface area (Å²) in [7, 11) is 1.90. The Labute approximate surface area is 122 Å². The minimum Gasteiger partial charge on any atom is -0.377 e. The molecule has 3 unspecified atom stereocenters. The third-order valence-electron chi connectivity index (χ3n) is 5.28. The molecule has 3 atom stereocenters. The fourth-order valence-corrected chi connectivity index (χ4v) is 3.86. The van der Waals surface area contributed by atoms with Crippen molar-refractivity contribution in [3.8, 4) is 0 Å². The van der Waals surface area contributed by atoms with Crippen molar-refractivity contribution in [3.63, 3.8) is 0 Å². The van der Waals surface area contributed by atoms with Crippen LogP contribution in [0.3, 0.4) is 0 Å². The number of benzene rings is 1. The standard InChI is InChI=1S/C18H27NO/c1-3-12-19-17(18(20-2)10-7-11-18)16-13-15(16)14-8-5-4-6-9-14/h4-6,8-9,15-17,19H,3,7,10-13H2,1-2H3. The Morgan fingerprint density at radius 3 is 2.60 bits per heavy atom. The Hall–Kier alpha value is -0.860. The number of rotatable bonds is 7. The lowest BCUT2D eigenvalue weighted by molar-refractivity contribution is -0.104. The van der Waals surface area contributed by atoms with Gasteiger partial charge in [-0.2, -0.15) is 0 Å². The summed E-state index contributed by atoms with van der Waals surface area (Å²) in [6.07, 6.45) is 6.28. The molecule has 0 radical (unpaired) electrons. The number of hydrogen-bond acceptors (Lipinski definition) is 2. The zero-order valence-electron chi connectivity index (χ0n) is 12.8. The maximum absolute atomic E-state index is 5.96. The third kappa shape index (κ3) is 2.51. The minimum atomic E-state index is 0.114. The van der Waals surface area contributed by atoms with Crippen LogP contribution >= 0.6 is 0 Å². The summed E-state index contributed by atoms with van der Waals surface area (Å²) < 4.78 is 5.96. The zero-order valence-corrected chi connectivity index (χ0v) is 12.8. The van der Waals surface area contributed by atoms with Crippen LogP contribution in [0.1, 0.15) is 50.5 Å². The molecule has 1 N–H and O–H groups in total. The first-order valence-corrected chi connectivity index (χ1v) is 8.14. The fourth-order valence-electron chi connectivity index (χ4n) is 3.86. The van der Waals surface area contributed by atoms with E-state index in [1.807, 2.05) is 7.11 Å². The summed E-state index contributed by atoms with van der Waals surface area (Å²) in [6, 6.07) is 11.5. The smallest absolute Gasteiger partial charge is 0.0833 e. The molecule has 1 aromatic rings. The second kappa shape index (κ2) is 5.87. The summed E-state index contributed by atoms with van der Waals surface area (Å²) in [5.74, 6) is 1.49. The molecule has 0 spiro atoms. The van der Waals surface area contributed by atoms with Gasteiger partial charge in [0, 0.05) is 13.2 Å². The number of methoxy groups -OCH3 is 1. The van der Waals surface area contributed by atoms with Gasteiger partial charge in [0.25, 0.3) is 0 Å². The molecule has 0 aliphatic heterocycles. The molecule has 2 fully saturated rings. The molecule has 0 saturated heterocycles. The van der Waals surface area contributed by atoms with Gasteiger partial charge in [0.2, 0.25) is 0 Å². The van der Waals surface area contributed by atoms with E-state index in [1.54, 1.807) is 0 Å². The van der Waals surface area contributed by atoms with E-state index >= 15 is 0 Å². The second-order valence-corrected chi connectivity index (χ2v) is 6.47. The van der Waals surface area contributed by atoms with Crippen LogP contribution in [0.25, 0.3) is 0 Å². The van der Waals surface area contributed by atoms with Gasteiger partial charge in [-0.1, -0.05) is 37.3 Å². The Morgan fingerprint density at radius 1 is 1.30 bits per heavy atom. The Bertz CT molecular complexity index is 421. The van der Waals surface area contributed by atoms with Gasteiger partial charge in [0.05, 0.1) is 5.60 Å². The van der Waals surface area contributed by atoms with Crippen LogP contribution in [-0.2, 0) is 4.74 Å². The van der Waals surface area contributed by atoms with Crippen LogP contribution in [0.2, 0.25) is 0 Å². The summed E-state index contributed by atoms with van der Waals surface area (Å²) in [5, 5.41) is 3.80. The van der Waals surface area contributed by atoms with Gasteiger partial charge >= 0.3 is 0 Å². The van der Waals surface area contributed by atoms with E-state index in [4.69, 9.17) is 4.74 Å². The molecule has 2 aliphatic carbocycles. The van der Waals surface area contributed by atoms with Gasteiger partial charge in [0.1, 0.15) is 0 Å². The van der Waals surface area contributed by atoms with E-state index in [-0.39, 0.29) is 5.60 Å². The highest BCUT2D eigenvalue weighted by atomic mass is 16.5. The van der Waals surface area contributed by atoms with Gasteiger partial charge < -0.3 is 10.1 Å². The lowest BCUT2D eigenvalue weighted by Crippen LogP contribution is -2.57.